The molecule has 2 heterocycles. The first-order valence-corrected chi connectivity index (χ1v) is 6.61. The van der Waals surface area contributed by atoms with Gasteiger partial charge in [0.1, 0.15) is 0 Å². The van der Waals surface area contributed by atoms with Crippen molar-refractivity contribution in [2.24, 2.45) is 10.7 Å². The molecule has 0 aromatic heterocycles. The molecule has 2 rings (SSSR count). The lowest BCUT2D eigenvalue weighted by molar-refractivity contribution is 0.105. The monoisotopic (exact) mass is 241 g/mol. The molecule has 0 bridgehead atoms. The number of hydrogen-bond acceptors (Lipinski definition) is 3. The van der Waals surface area contributed by atoms with Crippen molar-refractivity contribution in [2.75, 3.05) is 26.3 Å². The number of rotatable bonds is 5. The number of nitrogens with zero attached hydrogens (tertiary/aromatic N) is 1. The Hall–Kier alpha value is -0.810. The van der Waals surface area contributed by atoms with Gasteiger partial charge < -0.3 is 20.5 Å². The maximum Gasteiger partial charge on any atom is 0.188 e. The van der Waals surface area contributed by atoms with Crippen LogP contribution >= 0.6 is 0 Å². The van der Waals surface area contributed by atoms with Gasteiger partial charge in [0.2, 0.25) is 0 Å². The fraction of sp³-hybridized carbons (Fsp3) is 0.917. The van der Waals surface area contributed by atoms with Crippen LogP contribution in [0.3, 0.4) is 0 Å². The van der Waals surface area contributed by atoms with Crippen LogP contribution in [0.2, 0.25) is 0 Å². The summed E-state index contributed by atoms with van der Waals surface area (Å²) < 4.78 is 11.0. The van der Waals surface area contributed by atoms with Crippen molar-refractivity contribution < 1.29 is 9.47 Å². The largest absolute Gasteiger partial charge is 0.378 e. The van der Waals surface area contributed by atoms with E-state index in [1.54, 1.807) is 0 Å². The molecule has 0 aromatic carbocycles. The average molecular weight is 241 g/mol. The van der Waals surface area contributed by atoms with Crippen LogP contribution in [0.5, 0.6) is 0 Å². The number of hydrogen-bond donors (Lipinski definition) is 2. The minimum atomic E-state index is 0.272. The topological polar surface area (TPSA) is 68.9 Å². The van der Waals surface area contributed by atoms with Crippen molar-refractivity contribution >= 4 is 5.96 Å². The third kappa shape index (κ3) is 4.52. The van der Waals surface area contributed by atoms with E-state index in [9.17, 15) is 0 Å². The molecule has 0 radical (unpaired) electrons. The Bertz CT molecular complexity index is 246. The lowest BCUT2D eigenvalue weighted by Crippen LogP contribution is -2.34. The Labute approximate surface area is 103 Å². The molecule has 2 saturated heterocycles. The van der Waals surface area contributed by atoms with Crippen LogP contribution < -0.4 is 11.1 Å². The maximum atomic E-state index is 5.78. The molecule has 17 heavy (non-hydrogen) atoms. The highest BCUT2D eigenvalue weighted by molar-refractivity contribution is 5.77. The average Bonchev–Trinajstić information content (AvgIpc) is 2.99. The van der Waals surface area contributed by atoms with Crippen LogP contribution in [-0.2, 0) is 9.47 Å². The number of aliphatic imine (C=N–C) groups is 1. The predicted octanol–water partition coefficient (Wildman–Crippen LogP) is 0.639. The molecule has 2 aliphatic heterocycles. The Balaban J connectivity index is 1.55. The van der Waals surface area contributed by atoms with Gasteiger partial charge in [-0.2, -0.15) is 0 Å². The molecule has 2 aliphatic rings. The van der Waals surface area contributed by atoms with E-state index < -0.39 is 0 Å². The molecule has 5 nitrogen and oxygen atoms in total. The summed E-state index contributed by atoms with van der Waals surface area (Å²) in [6.45, 7) is 3.30. The van der Waals surface area contributed by atoms with Gasteiger partial charge in [-0.05, 0) is 32.1 Å². The molecular formula is C12H23N3O2. The van der Waals surface area contributed by atoms with Crippen LogP contribution in [0, 0.1) is 0 Å². The lowest BCUT2D eigenvalue weighted by Gasteiger charge is -2.11. The molecule has 5 heteroatoms. The fourth-order valence-corrected chi connectivity index (χ4v) is 2.28. The molecule has 2 atom stereocenters. The summed E-state index contributed by atoms with van der Waals surface area (Å²) in [4.78, 5) is 4.29. The molecule has 2 fully saturated rings. The Kier molecular flexibility index (Phi) is 5.07. The zero-order chi connectivity index (χ0) is 11.9. The van der Waals surface area contributed by atoms with Crippen LogP contribution in [0.4, 0.5) is 0 Å². The van der Waals surface area contributed by atoms with Crippen molar-refractivity contribution in [3.63, 3.8) is 0 Å². The number of nitrogens with two attached hydrogens (primary N) is 1. The van der Waals surface area contributed by atoms with Gasteiger partial charge in [0.25, 0.3) is 0 Å². The molecule has 0 amide bonds. The van der Waals surface area contributed by atoms with Crippen molar-refractivity contribution in [3.8, 4) is 0 Å². The second kappa shape index (κ2) is 6.81. The normalized spacial score (nSPS) is 29.8. The zero-order valence-electron chi connectivity index (χ0n) is 10.4. The lowest BCUT2D eigenvalue weighted by atomic mass is 10.2. The van der Waals surface area contributed by atoms with Crippen molar-refractivity contribution in [3.05, 3.63) is 0 Å². The summed E-state index contributed by atoms with van der Waals surface area (Å²) in [5.74, 6) is 0.526. The minimum absolute atomic E-state index is 0.272. The standard InChI is InChI=1S/C12H23N3O2/c13-12(15-9-11-4-2-8-17-11)14-6-5-10-3-1-7-16-10/h10-11H,1-9H2,(H3,13,14,15). The number of ether oxygens (including phenoxy) is 2. The minimum Gasteiger partial charge on any atom is -0.378 e. The van der Waals surface area contributed by atoms with Gasteiger partial charge in [0, 0.05) is 19.8 Å². The van der Waals surface area contributed by atoms with Gasteiger partial charge in [0.05, 0.1) is 18.8 Å². The van der Waals surface area contributed by atoms with E-state index in [-0.39, 0.29) is 6.10 Å². The highest BCUT2D eigenvalue weighted by Gasteiger charge is 2.15. The van der Waals surface area contributed by atoms with Gasteiger partial charge in [-0.25, -0.2) is 0 Å². The van der Waals surface area contributed by atoms with Crippen LogP contribution in [0.1, 0.15) is 32.1 Å². The van der Waals surface area contributed by atoms with E-state index in [4.69, 9.17) is 15.2 Å². The smallest absolute Gasteiger partial charge is 0.188 e. The van der Waals surface area contributed by atoms with Gasteiger partial charge in [-0.15, -0.1) is 0 Å². The van der Waals surface area contributed by atoms with Crippen LogP contribution in [-0.4, -0.2) is 44.5 Å². The summed E-state index contributed by atoms with van der Waals surface area (Å²) in [6.07, 6.45) is 6.30. The predicted molar refractivity (Wildman–Crippen MR) is 67.1 cm³/mol. The summed E-state index contributed by atoms with van der Waals surface area (Å²) in [5.41, 5.74) is 5.78. The zero-order valence-corrected chi connectivity index (χ0v) is 10.4. The molecule has 0 saturated carbocycles. The highest BCUT2D eigenvalue weighted by Crippen LogP contribution is 2.14. The van der Waals surface area contributed by atoms with Crippen molar-refractivity contribution in [1.29, 1.82) is 0 Å². The number of nitrogens with one attached hydrogen (secondary N) is 1. The van der Waals surface area contributed by atoms with Gasteiger partial charge in [-0.3, -0.25) is 4.99 Å². The van der Waals surface area contributed by atoms with Crippen molar-refractivity contribution in [2.45, 2.75) is 44.3 Å². The van der Waals surface area contributed by atoms with E-state index in [0.29, 0.717) is 18.6 Å². The summed E-state index contributed by atoms with van der Waals surface area (Å²) in [6, 6.07) is 0. The fourth-order valence-electron chi connectivity index (χ4n) is 2.28. The third-order valence-corrected chi connectivity index (χ3v) is 3.29. The maximum absolute atomic E-state index is 5.78. The molecule has 0 aromatic rings. The van der Waals surface area contributed by atoms with E-state index in [1.807, 2.05) is 0 Å². The SMILES string of the molecule is NC(=NCC1CCCO1)NCCC1CCCO1. The molecular weight excluding hydrogens is 218 g/mol. The van der Waals surface area contributed by atoms with Crippen LogP contribution in [0.25, 0.3) is 0 Å². The Morgan fingerprint density at radius 2 is 1.88 bits per heavy atom. The molecule has 0 spiro atoms. The quantitative estimate of drug-likeness (QED) is 0.547. The summed E-state index contributed by atoms with van der Waals surface area (Å²) in [7, 11) is 0. The molecule has 2 unspecified atom stereocenters. The van der Waals surface area contributed by atoms with Gasteiger partial charge in [-0.1, -0.05) is 0 Å². The first kappa shape index (κ1) is 12.6. The molecule has 3 N–H and O–H groups in total. The first-order chi connectivity index (χ1) is 8.34. The highest BCUT2D eigenvalue weighted by atomic mass is 16.5. The van der Waals surface area contributed by atoms with E-state index >= 15 is 0 Å². The Morgan fingerprint density at radius 3 is 2.53 bits per heavy atom. The van der Waals surface area contributed by atoms with E-state index in [0.717, 1.165) is 39.0 Å². The number of guanidine groups is 1. The summed E-state index contributed by atoms with van der Waals surface area (Å²) in [5, 5.41) is 3.13. The molecule has 98 valence electrons. The first-order valence-electron chi connectivity index (χ1n) is 6.61. The van der Waals surface area contributed by atoms with Crippen molar-refractivity contribution in [1.82, 2.24) is 5.32 Å². The molecule has 0 aliphatic carbocycles. The van der Waals surface area contributed by atoms with E-state index in [2.05, 4.69) is 10.3 Å². The Morgan fingerprint density at radius 1 is 1.18 bits per heavy atom. The van der Waals surface area contributed by atoms with E-state index in [1.165, 1.54) is 12.8 Å². The van der Waals surface area contributed by atoms with Gasteiger partial charge >= 0.3 is 0 Å². The summed E-state index contributed by atoms with van der Waals surface area (Å²) >= 11 is 0. The van der Waals surface area contributed by atoms with Gasteiger partial charge in [0.15, 0.2) is 5.96 Å². The second-order valence-corrected chi connectivity index (χ2v) is 4.71. The van der Waals surface area contributed by atoms with Crippen LogP contribution in [0.15, 0.2) is 4.99 Å². The second-order valence-electron chi connectivity index (χ2n) is 4.71. The third-order valence-electron chi connectivity index (χ3n) is 3.29.